The Balaban J connectivity index is 1.92. The number of anilines is 2. The molecule has 6 nitrogen and oxygen atoms in total. The van der Waals surface area contributed by atoms with Crippen molar-refractivity contribution < 1.29 is 18.1 Å². The molecule has 28 heavy (non-hydrogen) atoms. The molecule has 1 N–H and O–H groups in total. The Hall–Kier alpha value is -2.26. The molecule has 0 fully saturated rings. The summed E-state index contributed by atoms with van der Waals surface area (Å²) in [5, 5.41) is 3.65. The van der Waals surface area contributed by atoms with Gasteiger partial charge in [0.15, 0.2) is 11.5 Å². The number of nitrogens with zero attached hydrogens (tertiary/aromatic N) is 2. The molecule has 0 saturated heterocycles. The largest absolute Gasteiger partial charge is 0.493 e. The van der Waals surface area contributed by atoms with Gasteiger partial charge in [-0.3, -0.25) is 4.21 Å². The number of hydrogen-bond acceptors (Lipinski definition) is 6. The fraction of sp³-hybridized carbons (Fsp3) is 0.263. The number of benzene rings is 2. The van der Waals surface area contributed by atoms with Gasteiger partial charge in [-0.15, -0.1) is 0 Å². The van der Waals surface area contributed by atoms with Crippen LogP contribution in [0.5, 0.6) is 11.5 Å². The Labute approximate surface area is 173 Å². The number of rotatable bonds is 8. The summed E-state index contributed by atoms with van der Waals surface area (Å²) in [6.07, 6.45) is 1.39. The van der Waals surface area contributed by atoms with E-state index in [0.717, 1.165) is 0 Å². The topological polar surface area (TPSA) is 73.3 Å². The van der Waals surface area contributed by atoms with Gasteiger partial charge in [-0.05, 0) is 24.3 Å². The zero-order chi connectivity index (χ0) is 20.1. The van der Waals surface area contributed by atoms with Gasteiger partial charge in [0.25, 0.3) is 0 Å². The first kappa shape index (κ1) is 20.5. The molecule has 0 spiro atoms. The van der Waals surface area contributed by atoms with Crippen LogP contribution in [0.3, 0.4) is 0 Å². The molecule has 3 rings (SSSR count). The summed E-state index contributed by atoms with van der Waals surface area (Å²) >= 11 is 3.24. The lowest BCUT2D eigenvalue weighted by Crippen LogP contribution is -2.10. The maximum Gasteiger partial charge on any atom is 0.163 e. The third-order valence-electron chi connectivity index (χ3n) is 4.00. The quantitative estimate of drug-likeness (QED) is 0.528. The molecule has 9 heteroatoms. The van der Waals surface area contributed by atoms with Gasteiger partial charge in [0.2, 0.25) is 0 Å². The Morgan fingerprint density at radius 1 is 1.21 bits per heavy atom. The summed E-state index contributed by atoms with van der Waals surface area (Å²) in [6.45, 7) is 2.18. The van der Waals surface area contributed by atoms with Crippen molar-refractivity contribution in [3.8, 4) is 11.5 Å². The lowest BCUT2D eigenvalue weighted by Gasteiger charge is -2.14. The lowest BCUT2D eigenvalue weighted by molar-refractivity contribution is 0.313. The molecule has 1 unspecified atom stereocenters. The zero-order valence-corrected chi connectivity index (χ0v) is 17.8. The second-order valence-electron chi connectivity index (χ2n) is 5.77. The number of fused-ring (bicyclic) bond motifs is 1. The molecule has 148 valence electrons. The first-order chi connectivity index (χ1) is 13.5. The van der Waals surface area contributed by atoms with Crippen molar-refractivity contribution in [3.63, 3.8) is 0 Å². The van der Waals surface area contributed by atoms with E-state index in [1.165, 1.54) is 19.5 Å². The monoisotopic (exact) mass is 467 g/mol. The van der Waals surface area contributed by atoms with E-state index >= 15 is 0 Å². The van der Waals surface area contributed by atoms with E-state index in [2.05, 4.69) is 31.2 Å². The highest BCUT2D eigenvalue weighted by Gasteiger charge is 2.13. The smallest absolute Gasteiger partial charge is 0.163 e. The predicted octanol–water partition coefficient (Wildman–Crippen LogP) is 4.43. The average Bonchev–Trinajstić information content (AvgIpc) is 2.69. The fourth-order valence-electron chi connectivity index (χ4n) is 2.54. The standard InChI is InChI=1S/C19H19BrFN3O3S/c1-3-28(25)7-6-27-18-10-16-13(9-17(18)26-2)19(23-11-22-16)24-15-5-4-12(20)8-14(15)21/h4-5,8-11H,3,6-7H2,1-2H3,(H,22,23,24). The third kappa shape index (κ3) is 4.77. The van der Waals surface area contributed by atoms with Crippen LogP contribution in [0.2, 0.25) is 0 Å². The number of methoxy groups -OCH3 is 1. The number of aromatic nitrogens is 2. The number of halogens is 2. The van der Waals surface area contributed by atoms with Crippen LogP contribution in [0.1, 0.15) is 6.92 Å². The van der Waals surface area contributed by atoms with Crippen LogP contribution in [0.4, 0.5) is 15.9 Å². The van der Waals surface area contributed by atoms with Gasteiger partial charge in [0, 0.05) is 32.5 Å². The molecule has 1 atom stereocenters. The second-order valence-corrected chi connectivity index (χ2v) is 8.55. The van der Waals surface area contributed by atoms with Crippen molar-refractivity contribution in [2.75, 3.05) is 30.5 Å². The van der Waals surface area contributed by atoms with E-state index in [4.69, 9.17) is 9.47 Å². The Kier molecular flexibility index (Phi) is 6.79. The number of ether oxygens (including phenoxy) is 2. The summed E-state index contributed by atoms with van der Waals surface area (Å²) in [5.74, 6) is 2.07. The molecule has 0 bridgehead atoms. The summed E-state index contributed by atoms with van der Waals surface area (Å²) in [5.41, 5.74) is 0.909. The Bertz CT molecular complexity index is 1020. The normalized spacial score (nSPS) is 12.0. The first-order valence-corrected chi connectivity index (χ1v) is 10.8. The fourth-order valence-corrected chi connectivity index (χ4v) is 3.43. The van der Waals surface area contributed by atoms with Gasteiger partial charge < -0.3 is 14.8 Å². The van der Waals surface area contributed by atoms with E-state index in [9.17, 15) is 8.60 Å². The van der Waals surface area contributed by atoms with Crippen LogP contribution in [-0.4, -0.2) is 39.4 Å². The molecule has 0 radical (unpaired) electrons. The van der Waals surface area contributed by atoms with Crippen LogP contribution in [-0.2, 0) is 10.8 Å². The molecule has 0 amide bonds. The molecule has 0 saturated carbocycles. The molecule has 0 aliphatic heterocycles. The number of nitrogens with one attached hydrogen (secondary N) is 1. The van der Waals surface area contributed by atoms with Gasteiger partial charge in [-0.25, -0.2) is 14.4 Å². The molecule has 3 aromatic rings. The van der Waals surface area contributed by atoms with Crippen LogP contribution in [0.25, 0.3) is 10.9 Å². The van der Waals surface area contributed by atoms with Gasteiger partial charge in [-0.2, -0.15) is 0 Å². The van der Waals surface area contributed by atoms with Gasteiger partial charge >= 0.3 is 0 Å². The van der Waals surface area contributed by atoms with E-state index in [-0.39, 0.29) is 0 Å². The van der Waals surface area contributed by atoms with Crippen LogP contribution < -0.4 is 14.8 Å². The highest BCUT2D eigenvalue weighted by Crippen LogP contribution is 2.35. The second kappa shape index (κ2) is 9.29. The summed E-state index contributed by atoms with van der Waals surface area (Å²) in [7, 11) is 0.624. The van der Waals surface area contributed by atoms with Crippen molar-refractivity contribution in [2.45, 2.75) is 6.92 Å². The van der Waals surface area contributed by atoms with Crippen molar-refractivity contribution in [3.05, 3.63) is 46.9 Å². The maximum atomic E-state index is 14.2. The van der Waals surface area contributed by atoms with Crippen molar-refractivity contribution >= 4 is 49.1 Å². The Morgan fingerprint density at radius 2 is 2.04 bits per heavy atom. The number of hydrogen-bond donors (Lipinski definition) is 1. The first-order valence-electron chi connectivity index (χ1n) is 8.54. The lowest BCUT2D eigenvalue weighted by atomic mass is 10.2. The van der Waals surface area contributed by atoms with E-state index in [0.29, 0.717) is 56.5 Å². The summed E-state index contributed by atoms with van der Waals surface area (Å²) in [4.78, 5) is 8.50. The molecule has 0 aliphatic carbocycles. The summed E-state index contributed by atoms with van der Waals surface area (Å²) in [6, 6.07) is 8.20. The highest BCUT2D eigenvalue weighted by molar-refractivity contribution is 9.10. The minimum absolute atomic E-state index is 0.296. The average molecular weight is 468 g/mol. The van der Waals surface area contributed by atoms with Crippen LogP contribution in [0, 0.1) is 5.82 Å². The minimum Gasteiger partial charge on any atom is -0.493 e. The maximum absolute atomic E-state index is 14.2. The molecule has 0 aliphatic rings. The van der Waals surface area contributed by atoms with Gasteiger partial charge in [-0.1, -0.05) is 22.9 Å². The van der Waals surface area contributed by atoms with Crippen LogP contribution >= 0.6 is 15.9 Å². The summed E-state index contributed by atoms with van der Waals surface area (Å²) < 4.78 is 37.5. The Morgan fingerprint density at radius 3 is 2.75 bits per heavy atom. The molecule has 2 aromatic carbocycles. The van der Waals surface area contributed by atoms with E-state index in [1.807, 2.05) is 6.92 Å². The third-order valence-corrected chi connectivity index (χ3v) is 5.75. The van der Waals surface area contributed by atoms with E-state index < -0.39 is 16.6 Å². The van der Waals surface area contributed by atoms with Crippen molar-refractivity contribution in [2.24, 2.45) is 0 Å². The van der Waals surface area contributed by atoms with Crippen LogP contribution in [0.15, 0.2) is 41.1 Å². The van der Waals surface area contributed by atoms with Gasteiger partial charge in [0.1, 0.15) is 18.0 Å². The SMILES string of the molecule is CCS(=O)CCOc1cc2ncnc(Nc3ccc(Br)cc3F)c2cc1OC. The highest BCUT2D eigenvalue weighted by atomic mass is 79.9. The van der Waals surface area contributed by atoms with E-state index in [1.54, 1.807) is 24.3 Å². The minimum atomic E-state index is -0.907. The molecular weight excluding hydrogens is 449 g/mol. The molecular formula is C19H19BrFN3O3S. The zero-order valence-electron chi connectivity index (χ0n) is 15.4. The molecule has 1 aromatic heterocycles. The molecule has 1 heterocycles. The van der Waals surface area contributed by atoms with Crippen molar-refractivity contribution in [1.29, 1.82) is 0 Å². The predicted molar refractivity (Wildman–Crippen MR) is 113 cm³/mol. The van der Waals surface area contributed by atoms with Crippen molar-refractivity contribution in [1.82, 2.24) is 9.97 Å². The van der Waals surface area contributed by atoms with Gasteiger partial charge in [0.05, 0.1) is 30.7 Å².